The quantitative estimate of drug-likeness (QED) is 0.739. The minimum Gasteiger partial charge on any atom is -0.394 e. The number of aromatic nitrogens is 2. The molecule has 66 valence electrons. The lowest BCUT2D eigenvalue weighted by Crippen LogP contribution is -2.20. The fraction of sp³-hybridized carbons (Fsp3) is 0.429. The van der Waals surface area contributed by atoms with Crippen LogP contribution >= 0.6 is 11.6 Å². The summed E-state index contributed by atoms with van der Waals surface area (Å²) < 4.78 is 0. The molecule has 1 atom stereocenters. The minimum atomic E-state index is -0.0498. The molecular formula is C7H10ClN3O. The highest BCUT2D eigenvalue weighted by molar-refractivity contribution is 6.30. The largest absolute Gasteiger partial charge is 0.394 e. The maximum atomic E-state index is 8.71. The molecule has 0 aromatic carbocycles. The van der Waals surface area contributed by atoms with Crippen LogP contribution in [0, 0.1) is 0 Å². The SMILES string of the molecule is CC(CO)Nc1ncc(Cl)cn1. The van der Waals surface area contributed by atoms with Crippen LogP contribution in [0.1, 0.15) is 6.92 Å². The maximum absolute atomic E-state index is 8.71. The lowest BCUT2D eigenvalue weighted by Gasteiger charge is -2.09. The predicted molar refractivity (Wildman–Crippen MR) is 47.2 cm³/mol. The van der Waals surface area contributed by atoms with Crippen molar-refractivity contribution >= 4 is 17.5 Å². The molecule has 1 rings (SSSR count). The number of aliphatic hydroxyl groups is 1. The van der Waals surface area contributed by atoms with Gasteiger partial charge in [-0.05, 0) is 6.92 Å². The van der Waals surface area contributed by atoms with E-state index in [4.69, 9.17) is 16.7 Å². The number of halogens is 1. The topological polar surface area (TPSA) is 58.0 Å². The molecule has 0 aliphatic heterocycles. The molecule has 4 nitrogen and oxygen atoms in total. The van der Waals surface area contributed by atoms with Gasteiger partial charge in [-0.2, -0.15) is 0 Å². The third-order valence-corrected chi connectivity index (χ3v) is 1.46. The average molecular weight is 188 g/mol. The van der Waals surface area contributed by atoms with Gasteiger partial charge in [0.05, 0.1) is 24.0 Å². The minimum absolute atomic E-state index is 0.0476. The summed E-state index contributed by atoms with van der Waals surface area (Å²) in [6.07, 6.45) is 3.00. The van der Waals surface area contributed by atoms with Crippen LogP contribution in [-0.2, 0) is 0 Å². The van der Waals surface area contributed by atoms with Crippen molar-refractivity contribution < 1.29 is 5.11 Å². The lowest BCUT2D eigenvalue weighted by molar-refractivity contribution is 0.281. The molecule has 0 aliphatic rings. The molecule has 1 heterocycles. The summed E-state index contributed by atoms with van der Waals surface area (Å²) >= 11 is 5.58. The van der Waals surface area contributed by atoms with E-state index in [0.717, 1.165) is 0 Å². The van der Waals surface area contributed by atoms with Crippen molar-refractivity contribution in [1.29, 1.82) is 0 Å². The fourth-order valence-electron chi connectivity index (χ4n) is 0.653. The number of nitrogens with one attached hydrogen (secondary N) is 1. The van der Waals surface area contributed by atoms with Gasteiger partial charge in [0.15, 0.2) is 0 Å². The molecule has 1 aromatic heterocycles. The highest BCUT2D eigenvalue weighted by atomic mass is 35.5. The Bertz CT molecular complexity index is 239. The molecule has 0 saturated heterocycles. The monoisotopic (exact) mass is 187 g/mol. The van der Waals surface area contributed by atoms with Gasteiger partial charge >= 0.3 is 0 Å². The Balaban J connectivity index is 2.58. The number of hydrogen-bond acceptors (Lipinski definition) is 4. The normalized spacial score (nSPS) is 12.6. The van der Waals surface area contributed by atoms with Gasteiger partial charge < -0.3 is 10.4 Å². The summed E-state index contributed by atoms with van der Waals surface area (Å²) in [4.78, 5) is 7.80. The molecule has 2 N–H and O–H groups in total. The van der Waals surface area contributed by atoms with Gasteiger partial charge in [0.25, 0.3) is 0 Å². The Morgan fingerprint density at radius 3 is 2.67 bits per heavy atom. The van der Waals surface area contributed by atoms with Gasteiger partial charge in [0.1, 0.15) is 0 Å². The van der Waals surface area contributed by atoms with E-state index < -0.39 is 0 Å². The highest BCUT2D eigenvalue weighted by Crippen LogP contribution is 2.05. The second-order valence-corrected chi connectivity index (χ2v) is 2.89. The van der Waals surface area contributed by atoms with E-state index in [9.17, 15) is 0 Å². The van der Waals surface area contributed by atoms with E-state index in [0.29, 0.717) is 11.0 Å². The Kier molecular flexibility index (Phi) is 3.25. The zero-order valence-electron chi connectivity index (χ0n) is 6.66. The summed E-state index contributed by atoms with van der Waals surface area (Å²) in [6, 6.07) is -0.0498. The molecule has 5 heteroatoms. The second kappa shape index (κ2) is 4.23. The zero-order valence-corrected chi connectivity index (χ0v) is 7.41. The van der Waals surface area contributed by atoms with Crippen molar-refractivity contribution in [3.63, 3.8) is 0 Å². The van der Waals surface area contributed by atoms with E-state index in [1.54, 1.807) is 0 Å². The van der Waals surface area contributed by atoms with Gasteiger partial charge in [0.2, 0.25) is 5.95 Å². The molecule has 0 fully saturated rings. The first-order chi connectivity index (χ1) is 5.72. The van der Waals surface area contributed by atoms with Crippen LogP contribution in [0.4, 0.5) is 5.95 Å². The molecule has 12 heavy (non-hydrogen) atoms. The summed E-state index contributed by atoms with van der Waals surface area (Å²) in [5, 5.41) is 12.1. The Labute approximate surface area is 75.6 Å². The molecule has 0 amide bonds. The van der Waals surface area contributed by atoms with Gasteiger partial charge in [-0.15, -0.1) is 0 Å². The fourth-order valence-corrected chi connectivity index (χ4v) is 0.750. The summed E-state index contributed by atoms with van der Waals surface area (Å²) in [7, 11) is 0. The van der Waals surface area contributed by atoms with Gasteiger partial charge in [-0.1, -0.05) is 11.6 Å². The third kappa shape index (κ3) is 2.64. The Morgan fingerprint density at radius 2 is 2.17 bits per heavy atom. The molecule has 0 spiro atoms. The Hall–Kier alpha value is -0.870. The van der Waals surface area contributed by atoms with Crippen molar-refractivity contribution in [2.24, 2.45) is 0 Å². The van der Waals surface area contributed by atoms with E-state index in [1.165, 1.54) is 12.4 Å². The first kappa shape index (κ1) is 9.22. The van der Waals surface area contributed by atoms with Crippen LogP contribution in [0.3, 0.4) is 0 Å². The van der Waals surface area contributed by atoms with Crippen LogP contribution in [0.25, 0.3) is 0 Å². The van der Waals surface area contributed by atoms with E-state index in [1.807, 2.05) is 6.92 Å². The summed E-state index contributed by atoms with van der Waals surface area (Å²) in [5.41, 5.74) is 0. The lowest BCUT2D eigenvalue weighted by atomic mass is 10.4. The molecule has 1 unspecified atom stereocenters. The molecule has 0 saturated carbocycles. The van der Waals surface area contributed by atoms with Crippen LogP contribution in [0.15, 0.2) is 12.4 Å². The Morgan fingerprint density at radius 1 is 1.58 bits per heavy atom. The first-order valence-corrected chi connectivity index (χ1v) is 3.95. The molecule has 1 aromatic rings. The molecule has 0 bridgehead atoms. The molecular weight excluding hydrogens is 178 g/mol. The molecule has 0 aliphatic carbocycles. The smallest absolute Gasteiger partial charge is 0.222 e. The predicted octanol–water partition coefficient (Wildman–Crippen LogP) is 0.923. The summed E-state index contributed by atoms with van der Waals surface area (Å²) in [5.74, 6) is 0.473. The van der Waals surface area contributed by atoms with E-state index >= 15 is 0 Å². The second-order valence-electron chi connectivity index (χ2n) is 2.45. The van der Waals surface area contributed by atoms with Crippen LogP contribution in [-0.4, -0.2) is 27.7 Å². The van der Waals surface area contributed by atoms with Crippen LogP contribution < -0.4 is 5.32 Å². The van der Waals surface area contributed by atoms with Gasteiger partial charge in [-0.3, -0.25) is 0 Å². The first-order valence-electron chi connectivity index (χ1n) is 3.57. The third-order valence-electron chi connectivity index (χ3n) is 1.27. The van der Waals surface area contributed by atoms with Crippen LogP contribution in [0.2, 0.25) is 5.02 Å². The number of aliphatic hydroxyl groups excluding tert-OH is 1. The van der Waals surface area contributed by atoms with E-state index in [2.05, 4.69) is 15.3 Å². The van der Waals surface area contributed by atoms with E-state index in [-0.39, 0.29) is 12.6 Å². The van der Waals surface area contributed by atoms with Crippen LogP contribution in [0.5, 0.6) is 0 Å². The van der Waals surface area contributed by atoms with Crippen molar-refractivity contribution in [3.05, 3.63) is 17.4 Å². The van der Waals surface area contributed by atoms with Crippen molar-refractivity contribution in [2.75, 3.05) is 11.9 Å². The number of anilines is 1. The standard InChI is InChI=1S/C7H10ClN3O/c1-5(4-12)11-7-9-2-6(8)3-10-7/h2-3,5,12H,4H2,1H3,(H,9,10,11). The average Bonchev–Trinajstić information content (AvgIpc) is 2.09. The number of rotatable bonds is 3. The number of nitrogens with zero attached hydrogens (tertiary/aromatic N) is 2. The van der Waals surface area contributed by atoms with Gasteiger partial charge in [0, 0.05) is 6.04 Å². The highest BCUT2D eigenvalue weighted by Gasteiger charge is 2.00. The molecule has 0 radical (unpaired) electrons. The van der Waals surface area contributed by atoms with Gasteiger partial charge in [-0.25, -0.2) is 9.97 Å². The number of hydrogen-bond donors (Lipinski definition) is 2. The summed E-state index contributed by atoms with van der Waals surface area (Å²) in [6.45, 7) is 1.88. The van der Waals surface area contributed by atoms with Crippen molar-refractivity contribution in [3.8, 4) is 0 Å². The maximum Gasteiger partial charge on any atom is 0.222 e. The van der Waals surface area contributed by atoms with Crippen molar-refractivity contribution in [1.82, 2.24) is 9.97 Å². The zero-order chi connectivity index (χ0) is 8.97. The van der Waals surface area contributed by atoms with Crippen molar-refractivity contribution in [2.45, 2.75) is 13.0 Å².